The van der Waals surface area contributed by atoms with Gasteiger partial charge in [0.2, 0.25) is 5.56 Å². The van der Waals surface area contributed by atoms with E-state index >= 15 is 0 Å². The molecule has 0 amide bonds. The highest BCUT2D eigenvalue weighted by molar-refractivity contribution is 8.14. The molecule has 5 heteroatoms. The fourth-order valence-electron chi connectivity index (χ4n) is 2.28. The molecule has 1 atom stereocenters. The number of benzene rings is 1. The maximum Gasteiger partial charge on any atom is 0.248 e. The van der Waals surface area contributed by atoms with Crippen LogP contribution >= 0.6 is 10.7 Å². The maximum atomic E-state index is 11.4. The zero-order valence-corrected chi connectivity index (χ0v) is 11.9. The summed E-state index contributed by atoms with van der Waals surface area (Å²) >= 11 is 0. The maximum absolute atomic E-state index is 11.4. The molecule has 4 nitrogen and oxygen atoms in total. The number of hydrogen-bond donors (Lipinski definition) is 1. The van der Waals surface area contributed by atoms with Crippen LogP contribution in [0.5, 0.6) is 0 Å². The monoisotopic (exact) mass is 273 g/mol. The summed E-state index contributed by atoms with van der Waals surface area (Å²) in [7, 11) is 1.86. The van der Waals surface area contributed by atoms with Gasteiger partial charge in [-0.1, -0.05) is 0 Å². The predicted molar refractivity (Wildman–Crippen MR) is 82.1 cm³/mol. The predicted octanol–water partition coefficient (Wildman–Crippen LogP) is 2.50. The van der Waals surface area contributed by atoms with Crippen LogP contribution < -0.4 is 5.56 Å². The Hall–Kier alpha value is -1.88. The average molecular weight is 273 g/mol. The van der Waals surface area contributed by atoms with Crippen LogP contribution in [0.3, 0.4) is 0 Å². The third kappa shape index (κ3) is 2.10. The second-order valence-corrected chi connectivity index (χ2v) is 6.53. The van der Waals surface area contributed by atoms with E-state index in [4.69, 9.17) is 0 Å². The largest absolute Gasteiger partial charge is 0.322 e. The minimum absolute atomic E-state index is 0.0606. The van der Waals surface area contributed by atoms with Crippen molar-refractivity contribution in [2.45, 2.75) is 18.7 Å². The molecule has 1 aliphatic rings. The molecule has 0 saturated heterocycles. The second-order valence-electron chi connectivity index (χ2n) is 4.66. The quantitative estimate of drug-likeness (QED) is 0.812. The third-order valence-electron chi connectivity index (χ3n) is 3.11. The summed E-state index contributed by atoms with van der Waals surface area (Å²) < 4.78 is 1.99. The van der Waals surface area contributed by atoms with Crippen molar-refractivity contribution in [2.75, 3.05) is 7.05 Å². The van der Waals surface area contributed by atoms with E-state index in [2.05, 4.69) is 27.6 Å². The van der Waals surface area contributed by atoms with Crippen molar-refractivity contribution in [3.05, 3.63) is 40.2 Å². The third-order valence-corrected chi connectivity index (χ3v) is 5.04. The zero-order chi connectivity index (χ0) is 13.6. The van der Waals surface area contributed by atoms with Crippen molar-refractivity contribution >= 4 is 32.7 Å². The van der Waals surface area contributed by atoms with Gasteiger partial charge in [-0.25, -0.2) is 4.41 Å². The molecule has 2 heterocycles. The van der Waals surface area contributed by atoms with Gasteiger partial charge in [-0.2, -0.15) is 5.10 Å². The van der Waals surface area contributed by atoms with Gasteiger partial charge in [-0.15, -0.1) is 0 Å². The summed E-state index contributed by atoms with van der Waals surface area (Å²) in [6, 6.07) is 7.70. The molecule has 0 fully saturated rings. The molecule has 19 heavy (non-hydrogen) atoms. The zero-order valence-electron chi connectivity index (χ0n) is 11.1. The minimum Gasteiger partial charge on any atom is -0.322 e. The number of rotatable bonds is 1. The van der Waals surface area contributed by atoms with Gasteiger partial charge in [0.1, 0.15) is 0 Å². The fourth-order valence-corrected chi connectivity index (χ4v) is 4.01. The standard InChI is InChI=1S/C14H15N3OS/c1-9-6-12(19-8-10(2)16-17(19)3)7-11-4-5-13(18)15-14(9)11/h4-8H,1-3H3,(H,15,18). The first-order chi connectivity index (χ1) is 9.04. The molecule has 0 radical (unpaired) electrons. The summed E-state index contributed by atoms with van der Waals surface area (Å²) in [5, 5.41) is 7.66. The Morgan fingerprint density at radius 2 is 2.05 bits per heavy atom. The molecule has 1 aromatic heterocycles. The molecule has 3 rings (SSSR count). The van der Waals surface area contributed by atoms with Crippen LogP contribution in [0.1, 0.15) is 12.5 Å². The number of hydrazone groups is 1. The van der Waals surface area contributed by atoms with Gasteiger partial charge in [-0.05, 0) is 53.7 Å². The van der Waals surface area contributed by atoms with Crippen molar-refractivity contribution in [1.82, 2.24) is 9.40 Å². The van der Waals surface area contributed by atoms with E-state index in [9.17, 15) is 4.79 Å². The first-order valence-electron chi connectivity index (χ1n) is 6.05. The van der Waals surface area contributed by atoms with Gasteiger partial charge >= 0.3 is 0 Å². The molecule has 1 unspecified atom stereocenters. The van der Waals surface area contributed by atoms with Gasteiger partial charge in [0.15, 0.2) is 0 Å². The molecule has 1 aromatic carbocycles. The highest BCUT2D eigenvalue weighted by Gasteiger charge is 2.13. The Labute approximate surface area is 113 Å². The summed E-state index contributed by atoms with van der Waals surface area (Å²) in [6.07, 6.45) is 0. The van der Waals surface area contributed by atoms with Gasteiger partial charge in [-0.3, -0.25) is 4.79 Å². The Morgan fingerprint density at radius 1 is 1.26 bits per heavy atom. The van der Waals surface area contributed by atoms with Crippen LogP contribution in [-0.2, 0) is 0 Å². The Morgan fingerprint density at radius 3 is 2.74 bits per heavy atom. The molecule has 0 spiro atoms. The number of nitrogens with zero attached hydrogens (tertiary/aromatic N) is 2. The SMILES string of the molecule is CC1=NN(C)S(c2cc(C)c3[nH]c(=O)ccc3c2)=C1. The number of aromatic nitrogens is 1. The van der Waals surface area contributed by atoms with E-state index in [0.29, 0.717) is 0 Å². The van der Waals surface area contributed by atoms with Gasteiger partial charge < -0.3 is 4.98 Å². The smallest absolute Gasteiger partial charge is 0.248 e. The van der Waals surface area contributed by atoms with Crippen LogP contribution in [0.15, 0.2) is 39.1 Å². The van der Waals surface area contributed by atoms with Crippen LogP contribution in [0.2, 0.25) is 0 Å². The molecule has 0 aliphatic carbocycles. The number of hydrogen-bond acceptors (Lipinski definition) is 3. The summed E-state index contributed by atoms with van der Waals surface area (Å²) in [5.74, 6) is 0. The fraction of sp³-hybridized carbons (Fsp3) is 0.214. The Kier molecular flexibility index (Phi) is 2.78. The van der Waals surface area contributed by atoms with Gasteiger partial charge in [0, 0.05) is 23.4 Å². The molecular weight excluding hydrogens is 258 g/mol. The lowest BCUT2D eigenvalue weighted by Crippen LogP contribution is -2.04. The second kappa shape index (κ2) is 4.35. The molecule has 1 N–H and O–H groups in total. The van der Waals surface area contributed by atoms with Crippen molar-refractivity contribution < 1.29 is 0 Å². The van der Waals surface area contributed by atoms with E-state index in [1.54, 1.807) is 6.07 Å². The van der Waals surface area contributed by atoms with Crippen LogP contribution in [0.4, 0.5) is 0 Å². The Bertz CT molecular complexity index is 789. The average Bonchev–Trinajstić information content (AvgIpc) is 2.69. The van der Waals surface area contributed by atoms with Gasteiger partial charge in [0.25, 0.3) is 0 Å². The molecular formula is C14H15N3OS. The van der Waals surface area contributed by atoms with Crippen molar-refractivity contribution in [1.29, 1.82) is 0 Å². The van der Waals surface area contributed by atoms with E-state index in [-0.39, 0.29) is 16.2 Å². The van der Waals surface area contributed by atoms with E-state index < -0.39 is 0 Å². The van der Waals surface area contributed by atoms with Crippen LogP contribution in [0, 0.1) is 6.92 Å². The minimum atomic E-state index is -0.125. The lowest BCUT2D eigenvalue weighted by atomic mass is 10.1. The summed E-state index contributed by atoms with van der Waals surface area (Å²) in [5.41, 5.74) is 2.99. The number of pyridine rings is 1. The summed E-state index contributed by atoms with van der Waals surface area (Å²) in [4.78, 5) is 15.5. The lowest BCUT2D eigenvalue weighted by molar-refractivity contribution is 0.618. The first-order valence-corrected chi connectivity index (χ1v) is 7.30. The first kappa shape index (κ1) is 12.2. The van der Waals surface area contributed by atoms with Crippen LogP contribution in [0.25, 0.3) is 10.9 Å². The molecule has 1 aliphatic heterocycles. The van der Waals surface area contributed by atoms with Gasteiger partial charge in [0.05, 0.1) is 11.2 Å². The highest BCUT2D eigenvalue weighted by atomic mass is 32.2. The number of aryl methyl sites for hydroxylation is 1. The number of aromatic amines is 1. The highest BCUT2D eigenvalue weighted by Crippen LogP contribution is 2.35. The number of nitrogens with one attached hydrogen (secondary N) is 1. The molecule has 0 bridgehead atoms. The Balaban J connectivity index is 2.20. The molecule has 98 valence electrons. The topological polar surface area (TPSA) is 48.5 Å². The number of H-pyrrole nitrogens is 1. The lowest BCUT2D eigenvalue weighted by Gasteiger charge is -2.15. The van der Waals surface area contributed by atoms with E-state index in [1.807, 2.05) is 31.4 Å². The van der Waals surface area contributed by atoms with E-state index in [0.717, 1.165) is 22.2 Å². The molecule has 0 saturated carbocycles. The number of fused-ring (bicyclic) bond motifs is 1. The van der Waals surface area contributed by atoms with Crippen molar-refractivity contribution in [3.63, 3.8) is 0 Å². The normalized spacial score (nSPS) is 18.6. The van der Waals surface area contributed by atoms with E-state index in [1.165, 1.54) is 4.90 Å². The van der Waals surface area contributed by atoms with Crippen LogP contribution in [-0.4, -0.2) is 27.5 Å². The molecule has 2 aromatic rings. The van der Waals surface area contributed by atoms with Crippen molar-refractivity contribution in [2.24, 2.45) is 5.10 Å². The van der Waals surface area contributed by atoms with Crippen molar-refractivity contribution in [3.8, 4) is 0 Å². The summed E-state index contributed by atoms with van der Waals surface area (Å²) in [6.45, 7) is 4.03.